The van der Waals surface area contributed by atoms with E-state index in [1.165, 1.54) is 0 Å². The fourth-order valence-electron chi connectivity index (χ4n) is 2.73. The number of hydrogen-bond acceptors (Lipinski definition) is 6. The third-order valence-electron chi connectivity index (χ3n) is 4.00. The molecule has 7 nitrogen and oxygen atoms in total. The zero-order valence-corrected chi connectivity index (χ0v) is 15.9. The molecule has 0 atom stereocenters. The Kier molecular flexibility index (Phi) is 5.21. The maximum absolute atomic E-state index is 12.2. The molecule has 3 aromatic rings. The standard InChI is InChI=1S/C20H23N5O2/c1-5-27-16-11-10-13-8-6-7-9-14(13)15(16)12-21-24-19-22-18(26)17(23-25-19)20(2,3)4/h6-12H,5H2,1-4H3,(H2,22,24,25,26)/b21-12+. The molecule has 0 aliphatic rings. The molecule has 2 aromatic carbocycles. The largest absolute Gasteiger partial charge is 0.493 e. The van der Waals surface area contributed by atoms with Gasteiger partial charge in [-0.25, -0.2) is 5.43 Å². The molecule has 2 N–H and O–H groups in total. The molecule has 1 aromatic heterocycles. The van der Waals surface area contributed by atoms with E-state index in [4.69, 9.17) is 4.74 Å². The Morgan fingerprint density at radius 2 is 1.96 bits per heavy atom. The average Bonchev–Trinajstić information content (AvgIpc) is 2.62. The van der Waals surface area contributed by atoms with Gasteiger partial charge in [0.2, 0.25) is 5.95 Å². The van der Waals surface area contributed by atoms with E-state index < -0.39 is 0 Å². The number of anilines is 1. The van der Waals surface area contributed by atoms with Crippen molar-refractivity contribution in [2.24, 2.45) is 5.10 Å². The number of benzene rings is 2. The van der Waals surface area contributed by atoms with Crippen LogP contribution in [-0.4, -0.2) is 28.0 Å². The predicted molar refractivity (Wildman–Crippen MR) is 108 cm³/mol. The summed E-state index contributed by atoms with van der Waals surface area (Å²) in [6, 6.07) is 11.9. The summed E-state index contributed by atoms with van der Waals surface area (Å²) in [5, 5.41) is 14.3. The molecule has 0 saturated carbocycles. The number of rotatable bonds is 5. The van der Waals surface area contributed by atoms with Gasteiger partial charge in [0.05, 0.1) is 12.8 Å². The van der Waals surface area contributed by atoms with Gasteiger partial charge in [-0.3, -0.25) is 9.78 Å². The molecule has 27 heavy (non-hydrogen) atoms. The van der Waals surface area contributed by atoms with Crippen LogP contribution >= 0.6 is 0 Å². The molecular formula is C20H23N5O2. The van der Waals surface area contributed by atoms with E-state index in [2.05, 4.69) is 25.7 Å². The third-order valence-corrected chi connectivity index (χ3v) is 4.00. The van der Waals surface area contributed by atoms with Crippen molar-refractivity contribution in [3.8, 4) is 5.75 Å². The maximum atomic E-state index is 12.2. The molecule has 0 fully saturated rings. The van der Waals surface area contributed by atoms with Gasteiger partial charge in [0.15, 0.2) is 0 Å². The van der Waals surface area contributed by atoms with Gasteiger partial charge in [-0.15, -0.1) is 10.2 Å². The summed E-state index contributed by atoms with van der Waals surface area (Å²) in [7, 11) is 0. The summed E-state index contributed by atoms with van der Waals surface area (Å²) >= 11 is 0. The quantitative estimate of drug-likeness (QED) is 0.534. The van der Waals surface area contributed by atoms with Crippen LogP contribution in [0.2, 0.25) is 0 Å². The Bertz CT molecular complexity index is 1030. The van der Waals surface area contributed by atoms with Crippen LogP contribution in [-0.2, 0) is 5.41 Å². The first-order valence-corrected chi connectivity index (χ1v) is 8.81. The van der Waals surface area contributed by atoms with Crippen molar-refractivity contribution >= 4 is 22.9 Å². The smallest absolute Gasteiger partial charge is 0.274 e. The van der Waals surface area contributed by atoms with Gasteiger partial charge in [0.1, 0.15) is 11.4 Å². The Morgan fingerprint density at radius 3 is 2.67 bits per heavy atom. The Morgan fingerprint density at radius 1 is 1.19 bits per heavy atom. The number of ether oxygens (including phenoxy) is 1. The van der Waals surface area contributed by atoms with Crippen LogP contribution in [0.5, 0.6) is 5.75 Å². The molecule has 140 valence electrons. The number of H-pyrrole nitrogens is 1. The van der Waals surface area contributed by atoms with Gasteiger partial charge < -0.3 is 4.74 Å². The topological polar surface area (TPSA) is 92.3 Å². The van der Waals surface area contributed by atoms with Crippen LogP contribution in [0.4, 0.5) is 5.95 Å². The van der Waals surface area contributed by atoms with E-state index in [0.29, 0.717) is 12.3 Å². The minimum atomic E-state index is -0.377. The molecule has 0 aliphatic carbocycles. The van der Waals surface area contributed by atoms with E-state index in [-0.39, 0.29) is 16.9 Å². The molecule has 0 bridgehead atoms. The second-order valence-electron chi connectivity index (χ2n) is 7.10. The predicted octanol–water partition coefficient (Wildman–Crippen LogP) is 3.46. The van der Waals surface area contributed by atoms with Crippen molar-refractivity contribution in [2.45, 2.75) is 33.1 Å². The number of nitrogens with zero attached hydrogens (tertiary/aromatic N) is 3. The van der Waals surface area contributed by atoms with Gasteiger partial charge in [0, 0.05) is 11.0 Å². The lowest BCUT2D eigenvalue weighted by Crippen LogP contribution is -2.28. The van der Waals surface area contributed by atoms with Crippen LogP contribution in [0.1, 0.15) is 39.0 Å². The van der Waals surface area contributed by atoms with Crippen molar-refractivity contribution in [1.29, 1.82) is 0 Å². The highest BCUT2D eigenvalue weighted by Gasteiger charge is 2.20. The number of hydrogen-bond donors (Lipinski definition) is 2. The van der Waals surface area contributed by atoms with Gasteiger partial charge in [-0.2, -0.15) is 5.10 Å². The van der Waals surface area contributed by atoms with Crippen molar-refractivity contribution in [1.82, 2.24) is 15.2 Å². The summed E-state index contributed by atoms with van der Waals surface area (Å²) in [4.78, 5) is 14.8. The van der Waals surface area contributed by atoms with Crippen molar-refractivity contribution in [3.05, 3.63) is 58.0 Å². The van der Waals surface area contributed by atoms with E-state index in [1.54, 1.807) is 6.21 Å². The summed E-state index contributed by atoms with van der Waals surface area (Å²) in [5.74, 6) is 0.923. The van der Waals surface area contributed by atoms with Gasteiger partial charge in [0.25, 0.3) is 5.56 Å². The molecule has 1 heterocycles. The lowest BCUT2D eigenvalue weighted by atomic mass is 9.93. The number of aromatic amines is 1. The van der Waals surface area contributed by atoms with Gasteiger partial charge >= 0.3 is 0 Å². The second kappa shape index (κ2) is 7.57. The average molecular weight is 365 g/mol. The monoisotopic (exact) mass is 365 g/mol. The summed E-state index contributed by atoms with van der Waals surface area (Å²) in [6.07, 6.45) is 1.66. The molecule has 0 radical (unpaired) electrons. The molecule has 0 unspecified atom stereocenters. The Labute approximate surface area is 157 Å². The van der Waals surface area contributed by atoms with Crippen LogP contribution in [0.15, 0.2) is 46.3 Å². The van der Waals surface area contributed by atoms with E-state index in [0.717, 1.165) is 22.1 Å². The van der Waals surface area contributed by atoms with Crippen LogP contribution in [0.25, 0.3) is 10.8 Å². The minimum absolute atomic E-state index is 0.183. The lowest BCUT2D eigenvalue weighted by Gasteiger charge is -2.15. The van der Waals surface area contributed by atoms with Gasteiger partial charge in [-0.1, -0.05) is 51.1 Å². The highest BCUT2D eigenvalue weighted by Crippen LogP contribution is 2.26. The molecule has 0 aliphatic heterocycles. The zero-order chi connectivity index (χ0) is 19.4. The van der Waals surface area contributed by atoms with E-state index in [1.807, 2.05) is 64.1 Å². The summed E-state index contributed by atoms with van der Waals surface area (Å²) in [5.41, 5.74) is 3.30. The van der Waals surface area contributed by atoms with E-state index in [9.17, 15) is 4.79 Å². The maximum Gasteiger partial charge on any atom is 0.274 e. The number of nitrogens with one attached hydrogen (secondary N) is 2. The summed E-state index contributed by atoms with van der Waals surface area (Å²) in [6.45, 7) is 8.22. The highest BCUT2D eigenvalue weighted by atomic mass is 16.5. The SMILES string of the molecule is CCOc1ccc2ccccc2c1/C=N/Nc1nnc(C(C)(C)C)c(=O)[nH]1. The van der Waals surface area contributed by atoms with Gasteiger partial charge in [-0.05, 0) is 23.8 Å². The van der Waals surface area contributed by atoms with Crippen LogP contribution < -0.4 is 15.7 Å². The first-order valence-electron chi connectivity index (χ1n) is 8.81. The fraction of sp³-hybridized carbons (Fsp3) is 0.300. The van der Waals surface area contributed by atoms with Crippen molar-refractivity contribution < 1.29 is 4.74 Å². The van der Waals surface area contributed by atoms with Crippen molar-refractivity contribution in [2.75, 3.05) is 12.0 Å². The second-order valence-corrected chi connectivity index (χ2v) is 7.10. The lowest BCUT2D eigenvalue weighted by molar-refractivity contribution is 0.340. The molecular weight excluding hydrogens is 342 g/mol. The highest BCUT2D eigenvalue weighted by molar-refractivity contribution is 6.02. The first kappa shape index (κ1) is 18.6. The molecule has 0 amide bonds. The minimum Gasteiger partial charge on any atom is -0.493 e. The normalized spacial score (nSPS) is 11.9. The molecule has 7 heteroatoms. The van der Waals surface area contributed by atoms with Crippen LogP contribution in [0.3, 0.4) is 0 Å². The Hall–Kier alpha value is -3.22. The first-order chi connectivity index (χ1) is 12.9. The Balaban J connectivity index is 1.89. The van der Waals surface area contributed by atoms with E-state index >= 15 is 0 Å². The fourth-order valence-corrected chi connectivity index (χ4v) is 2.73. The zero-order valence-electron chi connectivity index (χ0n) is 15.9. The summed E-state index contributed by atoms with van der Waals surface area (Å²) < 4.78 is 5.72. The number of hydrazone groups is 1. The molecule has 3 rings (SSSR count). The molecule has 0 spiro atoms. The molecule has 0 saturated heterocycles. The van der Waals surface area contributed by atoms with Crippen molar-refractivity contribution in [3.63, 3.8) is 0 Å². The number of aromatic nitrogens is 3. The third kappa shape index (κ3) is 4.13. The van der Waals surface area contributed by atoms with Crippen LogP contribution in [0, 0.1) is 0 Å². The number of fused-ring (bicyclic) bond motifs is 1.